The van der Waals surface area contributed by atoms with Gasteiger partial charge in [0, 0.05) is 29.7 Å². The molecule has 9 heteroatoms. The molecule has 150 valence electrons. The van der Waals surface area contributed by atoms with Crippen LogP contribution in [0.1, 0.15) is 18.4 Å². The average Bonchev–Trinajstić information content (AvgIpc) is 2.66. The first-order valence-corrected chi connectivity index (χ1v) is 11.1. The summed E-state index contributed by atoms with van der Waals surface area (Å²) in [5, 5.41) is 3.05. The summed E-state index contributed by atoms with van der Waals surface area (Å²) in [6.07, 6.45) is 0.811. The van der Waals surface area contributed by atoms with Gasteiger partial charge in [0.15, 0.2) is 0 Å². The fourth-order valence-electron chi connectivity index (χ4n) is 3.12. The maximum atomic E-state index is 13.2. The predicted octanol–water partition coefficient (Wildman–Crippen LogP) is 4.31. The third kappa shape index (κ3) is 5.03. The summed E-state index contributed by atoms with van der Waals surface area (Å²) in [5.41, 5.74) is 0.961. The molecule has 1 aliphatic heterocycles. The van der Waals surface area contributed by atoms with E-state index in [4.69, 9.17) is 23.2 Å². The van der Waals surface area contributed by atoms with Crippen LogP contribution in [-0.4, -0.2) is 31.7 Å². The Hall–Kier alpha value is -1.67. The van der Waals surface area contributed by atoms with Gasteiger partial charge in [-0.25, -0.2) is 17.1 Å². The molecule has 3 rings (SSSR count). The van der Waals surface area contributed by atoms with Crippen molar-refractivity contribution in [3.05, 3.63) is 63.9 Å². The number of nitrogens with zero attached hydrogens (tertiary/aromatic N) is 1. The maximum Gasteiger partial charge on any atom is 0.227 e. The zero-order valence-corrected chi connectivity index (χ0v) is 17.2. The molecular weight excluding hydrogens is 426 g/mol. The molecule has 0 spiro atoms. The van der Waals surface area contributed by atoms with E-state index in [1.54, 1.807) is 24.3 Å². The zero-order chi connectivity index (χ0) is 20.3. The number of halogens is 3. The normalized spacial score (nSPS) is 16.1. The summed E-state index contributed by atoms with van der Waals surface area (Å²) in [4.78, 5) is 12.4. The van der Waals surface area contributed by atoms with Gasteiger partial charge in [-0.2, -0.15) is 0 Å². The first-order valence-electron chi connectivity index (χ1n) is 8.73. The van der Waals surface area contributed by atoms with Crippen molar-refractivity contribution in [2.24, 2.45) is 5.92 Å². The number of carbonyl (C=O) groups is 1. The summed E-state index contributed by atoms with van der Waals surface area (Å²) in [6, 6.07) is 10.8. The third-order valence-electron chi connectivity index (χ3n) is 4.70. The second-order valence-corrected chi connectivity index (χ2v) is 9.42. The van der Waals surface area contributed by atoms with Gasteiger partial charge in [0.1, 0.15) is 5.82 Å². The molecule has 1 fully saturated rings. The van der Waals surface area contributed by atoms with E-state index in [9.17, 15) is 17.6 Å². The van der Waals surface area contributed by atoms with E-state index in [0.717, 1.165) is 0 Å². The van der Waals surface area contributed by atoms with Gasteiger partial charge in [-0.1, -0.05) is 41.4 Å². The molecule has 0 unspecified atom stereocenters. The Morgan fingerprint density at radius 2 is 1.79 bits per heavy atom. The molecule has 0 aromatic heterocycles. The minimum atomic E-state index is -3.52. The molecule has 1 aliphatic rings. The van der Waals surface area contributed by atoms with Crippen LogP contribution in [0.4, 0.5) is 10.1 Å². The number of nitrogens with one attached hydrogen (secondary N) is 1. The molecule has 1 heterocycles. The van der Waals surface area contributed by atoms with Crippen LogP contribution in [0.2, 0.25) is 10.0 Å². The van der Waals surface area contributed by atoms with E-state index < -0.39 is 15.8 Å². The Labute approximate surface area is 173 Å². The quantitative estimate of drug-likeness (QED) is 0.746. The maximum absolute atomic E-state index is 13.2. The van der Waals surface area contributed by atoms with Crippen molar-refractivity contribution in [2.45, 2.75) is 18.6 Å². The van der Waals surface area contributed by atoms with Gasteiger partial charge in [0.2, 0.25) is 15.9 Å². The van der Waals surface area contributed by atoms with E-state index in [1.807, 2.05) is 0 Å². The van der Waals surface area contributed by atoms with Crippen molar-refractivity contribution in [3.63, 3.8) is 0 Å². The lowest BCUT2D eigenvalue weighted by molar-refractivity contribution is -0.120. The minimum Gasteiger partial charge on any atom is -0.326 e. The standard InChI is InChI=1S/C19H19Cl2FN2O3S/c20-16-4-2-1-3-14(16)12-28(26,27)24-9-7-13(8-10-24)19(25)23-15-5-6-18(22)17(21)11-15/h1-6,11,13H,7-10,12H2,(H,23,25). The molecule has 1 N–H and O–H groups in total. The van der Waals surface area contributed by atoms with Crippen LogP contribution in [0.15, 0.2) is 42.5 Å². The second kappa shape index (κ2) is 8.78. The molecule has 0 aliphatic carbocycles. The Bertz CT molecular complexity index is 977. The van der Waals surface area contributed by atoms with Crippen LogP contribution in [0, 0.1) is 11.7 Å². The molecule has 1 amide bonds. The number of benzene rings is 2. The van der Waals surface area contributed by atoms with E-state index >= 15 is 0 Å². The predicted molar refractivity (Wildman–Crippen MR) is 108 cm³/mol. The highest BCUT2D eigenvalue weighted by atomic mass is 35.5. The van der Waals surface area contributed by atoms with Gasteiger partial charge in [-0.05, 0) is 42.7 Å². The highest BCUT2D eigenvalue weighted by molar-refractivity contribution is 7.88. The zero-order valence-electron chi connectivity index (χ0n) is 14.9. The number of hydrogen-bond donors (Lipinski definition) is 1. The lowest BCUT2D eigenvalue weighted by Gasteiger charge is -2.30. The third-order valence-corrected chi connectivity index (χ3v) is 7.19. The molecule has 0 bridgehead atoms. The summed E-state index contributed by atoms with van der Waals surface area (Å²) in [5.74, 6) is -1.28. The van der Waals surface area contributed by atoms with Crippen LogP contribution in [0.25, 0.3) is 0 Å². The van der Waals surface area contributed by atoms with Crippen LogP contribution in [-0.2, 0) is 20.6 Å². The number of sulfonamides is 1. The Morgan fingerprint density at radius 3 is 2.43 bits per heavy atom. The first-order chi connectivity index (χ1) is 13.3. The number of hydrogen-bond acceptors (Lipinski definition) is 3. The highest BCUT2D eigenvalue weighted by Gasteiger charge is 2.31. The number of piperidine rings is 1. The molecule has 2 aromatic rings. The molecule has 5 nitrogen and oxygen atoms in total. The van der Waals surface area contributed by atoms with Crippen molar-refractivity contribution < 1.29 is 17.6 Å². The van der Waals surface area contributed by atoms with Gasteiger partial charge in [0.25, 0.3) is 0 Å². The number of amides is 1. The molecule has 0 saturated carbocycles. The topological polar surface area (TPSA) is 66.5 Å². The number of rotatable bonds is 5. The van der Waals surface area contributed by atoms with Crippen molar-refractivity contribution in [3.8, 4) is 0 Å². The Balaban J connectivity index is 1.58. The molecular formula is C19H19Cl2FN2O3S. The van der Waals surface area contributed by atoms with E-state index in [0.29, 0.717) is 29.1 Å². The lowest BCUT2D eigenvalue weighted by atomic mass is 9.97. The second-order valence-electron chi connectivity index (χ2n) is 6.64. The van der Waals surface area contributed by atoms with E-state index in [1.165, 1.54) is 22.5 Å². The summed E-state index contributed by atoms with van der Waals surface area (Å²) < 4.78 is 39.9. The monoisotopic (exact) mass is 444 g/mol. The van der Waals surface area contributed by atoms with Crippen molar-refractivity contribution in [1.29, 1.82) is 0 Å². The highest BCUT2D eigenvalue weighted by Crippen LogP contribution is 2.26. The summed E-state index contributed by atoms with van der Waals surface area (Å²) in [7, 11) is -3.52. The summed E-state index contributed by atoms with van der Waals surface area (Å²) >= 11 is 11.8. The smallest absolute Gasteiger partial charge is 0.227 e. The Morgan fingerprint density at radius 1 is 1.11 bits per heavy atom. The van der Waals surface area contributed by atoms with Gasteiger partial charge in [-0.3, -0.25) is 4.79 Å². The van der Waals surface area contributed by atoms with Crippen LogP contribution in [0.5, 0.6) is 0 Å². The lowest BCUT2D eigenvalue weighted by Crippen LogP contribution is -2.41. The number of carbonyl (C=O) groups excluding carboxylic acids is 1. The molecule has 28 heavy (non-hydrogen) atoms. The molecule has 2 aromatic carbocycles. The van der Waals surface area contributed by atoms with Gasteiger partial charge >= 0.3 is 0 Å². The Kier molecular flexibility index (Phi) is 6.60. The van der Waals surface area contributed by atoms with Crippen LogP contribution < -0.4 is 5.32 Å². The summed E-state index contributed by atoms with van der Waals surface area (Å²) in [6.45, 7) is 0.518. The van der Waals surface area contributed by atoms with Crippen molar-refractivity contribution >= 4 is 44.8 Å². The van der Waals surface area contributed by atoms with Crippen molar-refractivity contribution in [2.75, 3.05) is 18.4 Å². The molecule has 1 saturated heterocycles. The van der Waals surface area contributed by atoms with Gasteiger partial charge < -0.3 is 5.32 Å². The molecule has 0 radical (unpaired) electrons. The largest absolute Gasteiger partial charge is 0.326 e. The fourth-order valence-corrected chi connectivity index (χ4v) is 5.17. The molecule has 0 atom stereocenters. The van der Waals surface area contributed by atoms with Crippen molar-refractivity contribution in [1.82, 2.24) is 4.31 Å². The van der Waals surface area contributed by atoms with E-state index in [-0.39, 0.29) is 35.7 Å². The number of anilines is 1. The first kappa shape index (κ1) is 21.0. The van der Waals surface area contributed by atoms with Gasteiger partial charge in [0.05, 0.1) is 10.8 Å². The van der Waals surface area contributed by atoms with Gasteiger partial charge in [-0.15, -0.1) is 0 Å². The van der Waals surface area contributed by atoms with Crippen LogP contribution >= 0.6 is 23.2 Å². The van der Waals surface area contributed by atoms with Crippen LogP contribution in [0.3, 0.4) is 0 Å². The van der Waals surface area contributed by atoms with E-state index in [2.05, 4.69) is 5.32 Å². The average molecular weight is 445 g/mol. The minimum absolute atomic E-state index is 0.0710. The fraction of sp³-hybridized carbons (Fsp3) is 0.316. The SMILES string of the molecule is O=C(Nc1ccc(F)c(Cl)c1)C1CCN(S(=O)(=O)Cc2ccccc2Cl)CC1.